The molecule has 0 spiro atoms. The van der Waals surface area contributed by atoms with Gasteiger partial charge >= 0.3 is 0 Å². The third-order valence-electron chi connectivity index (χ3n) is 3.43. The first-order valence-electron chi connectivity index (χ1n) is 6.28. The van der Waals surface area contributed by atoms with Crippen LogP contribution in [0.25, 0.3) is 0 Å². The van der Waals surface area contributed by atoms with E-state index in [9.17, 15) is 4.79 Å². The molecule has 0 bridgehead atoms. The number of hydrogen-bond donors (Lipinski definition) is 2. The van der Waals surface area contributed by atoms with E-state index in [2.05, 4.69) is 5.32 Å². The molecular formula is C14H20N2O. The standard InChI is InChI=1S/C14H20N2O/c1-10-3-2-4-13(9-10)16-14(17)11-5-7-12(15)8-6-11/h2-4,9,11-12H,5-8,15H2,1H3,(H,16,17). The second-order valence-corrected chi connectivity index (χ2v) is 4.97. The van der Waals surface area contributed by atoms with Crippen LogP contribution in [-0.4, -0.2) is 11.9 Å². The average Bonchev–Trinajstić information content (AvgIpc) is 2.29. The fraction of sp³-hybridized carbons (Fsp3) is 0.500. The minimum atomic E-state index is 0.135. The van der Waals surface area contributed by atoms with Crippen molar-refractivity contribution in [1.82, 2.24) is 0 Å². The van der Waals surface area contributed by atoms with E-state index in [4.69, 9.17) is 5.73 Å². The fourth-order valence-corrected chi connectivity index (χ4v) is 2.35. The van der Waals surface area contributed by atoms with Gasteiger partial charge in [0.25, 0.3) is 0 Å². The molecule has 0 unspecified atom stereocenters. The number of carbonyl (C=O) groups excluding carboxylic acids is 1. The number of benzene rings is 1. The van der Waals surface area contributed by atoms with Crippen LogP contribution >= 0.6 is 0 Å². The number of carbonyl (C=O) groups is 1. The molecule has 3 N–H and O–H groups in total. The van der Waals surface area contributed by atoms with Gasteiger partial charge in [-0.3, -0.25) is 4.79 Å². The normalized spacial score (nSPS) is 24.4. The molecule has 0 radical (unpaired) electrons. The van der Waals surface area contributed by atoms with E-state index in [0.29, 0.717) is 0 Å². The van der Waals surface area contributed by atoms with Gasteiger partial charge in [0.15, 0.2) is 0 Å². The van der Waals surface area contributed by atoms with E-state index in [1.165, 1.54) is 0 Å². The van der Waals surface area contributed by atoms with Gasteiger partial charge in [-0.25, -0.2) is 0 Å². The van der Waals surface area contributed by atoms with Gasteiger partial charge in [0.2, 0.25) is 5.91 Å². The third kappa shape index (κ3) is 3.30. The van der Waals surface area contributed by atoms with E-state index < -0.39 is 0 Å². The number of anilines is 1. The van der Waals surface area contributed by atoms with Crippen molar-refractivity contribution < 1.29 is 4.79 Å². The van der Waals surface area contributed by atoms with Crippen molar-refractivity contribution in [2.75, 3.05) is 5.32 Å². The highest BCUT2D eigenvalue weighted by molar-refractivity contribution is 5.92. The van der Waals surface area contributed by atoms with Crippen LogP contribution < -0.4 is 11.1 Å². The molecule has 1 saturated carbocycles. The first kappa shape index (κ1) is 12.1. The Morgan fingerprint density at radius 2 is 2.00 bits per heavy atom. The van der Waals surface area contributed by atoms with Crippen molar-refractivity contribution in [2.45, 2.75) is 38.6 Å². The van der Waals surface area contributed by atoms with Gasteiger partial charge in [-0.2, -0.15) is 0 Å². The molecule has 3 heteroatoms. The molecular weight excluding hydrogens is 212 g/mol. The van der Waals surface area contributed by atoms with Crippen LogP contribution in [-0.2, 0) is 4.79 Å². The second kappa shape index (κ2) is 5.32. The smallest absolute Gasteiger partial charge is 0.227 e. The van der Waals surface area contributed by atoms with Crippen LogP contribution in [0.3, 0.4) is 0 Å². The van der Waals surface area contributed by atoms with Gasteiger partial charge < -0.3 is 11.1 Å². The molecule has 0 aromatic heterocycles. The zero-order valence-corrected chi connectivity index (χ0v) is 10.3. The lowest BCUT2D eigenvalue weighted by atomic mass is 9.86. The zero-order chi connectivity index (χ0) is 12.3. The van der Waals surface area contributed by atoms with E-state index in [1.807, 2.05) is 31.2 Å². The van der Waals surface area contributed by atoms with Gasteiger partial charge in [0.05, 0.1) is 0 Å². The minimum Gasteiger partial charge on any atom is -0.328 e. The number of amides is 1. The van der Waals surface area contributed by atoms with Gasteiger partial charge in [0.1, 0.15) is 0 Å². The molecule has 0 atom stereocenters. The van der Waals surface area contributed by atoms with Gasteiger partial charge in [-0.1, -0.05) is 12.1 Å². The van der Waals surface area contributed by atoms with Crippen molar-refractivity contribution in [3.63, 3.8) is 0 Å². The van der Waals surface area contributed by atoms with Gasteiger partial charge in [-0.05, 0) is 50.3 Å². The summed E-state index contributed by atoms with van der Waals surface area (Å²) in [5.41, 5.74) is 7.89. The van der Waals surface area contributed by atoms with Crippen LogP contribution in [0.5, 0.6) is 0 Å². The van der Waals surface area contributed by atoms with E-state index in [1.54, 1.807) is 0 Å². The van der Waals surface area contributed by atoms with Crippen molar-refractivity contribution in [1.29, 1.82) is 0 Å². The Balaban J connectivity index is 1.93. The van der Waals surface area contributed by atoms with Crippen molar-refractivity contribution >= 4 is 11.6 Å². The quantitative estimate of drug-likeness (QED) is 0.823. The van der Waals surface area contributed by atoms with Crippen LogP contribution in [0.2, 0.25) is 0 Å². The SMILES string of the molecule is Cc1cccc(NC(=O)C2CCC(N)CC2)c1. The summed E-state index contributed by atoms with van der Waals surface area (Å²) >= 11 is 0. The number of hydrogen-bond acceptors (Lipinski definition) is 2. The number of aryl methyl sites for hydroxylation is 1. The average molecular weight is 232 g/mol. The monoisotopic (exact) mass is 232 g/mol. The highest BCUT2D eigenvalue weighted by Crippen LogP contribution is 2.24. The zero-order valence-electron chi connectivity index (χ0n) is 10.3. The molecule has 1 aliphatic rings. The largest absolute Gasteiger partial charge is 0.328 e. The molecule has 0 aliphatic heterocycles. The number of nitrogens with one attached hydrogen (secondary N) is 1. The molecule has 0 saturated heterocycles. The van der Waals surface area contributed by atoms with Gasteiger partial charge in [-0.15, -0.1) is 0 Å². The summed E-state index contributed by atoms with van der Waals surface area (Å²) in [5.74, 6) is 0.276. The maximum Gasteiger partial charge on any atom is 0.227 e. The molecule has 17 heavy (non-hydrogen) atoms. The third-order valence-corrected chi connectivity index (χ3v) is 3.43. The lowest BCUT2D eigenvalue weighted by Crippen LogP contribution is -2.32. The molecule has 1 aliphatic carbocycles. The summed E-state index contributed by atoms with van der Waals surface area (Å²) in [5, 5.41) is 2.99. The highest BCUT2D eigenvalue weighted by atomic mass is 16.1. The molecule has 92 valence electrons. The molecule has 0 heterocycles. The topological polar surface area (TPSA) is 55.1 Å². The number of nitrogens with two attached hydrogens (primary N) is 1. The summed E-state index contributed by atoms with van der Waals surface area (Å²) in [4.78, 5) is 12.0. The minimum absolute atomic E-state index is 0.135. The van der Waals surface area contributed by atoms with E-state index >= 15 is 0 Å². The Bertz CT molecular complexity index is 395. The lowest BCUT2D eigenvalue weighted by molar-refractivity contribution is -0.120. The highest BCUT2D eigenvalue weighted by Gasteiger charge is 2.24. The first-order valence-corrected chi connectivity index (χ1v) is 6.28. The molecule has 2 rings (SSSR count). The first-order chi connectivity index (χ1) is 8.15. The Labute approximate surface area is 102 Å². The predicted octanol–water partition coefficient (Wildman–Crippen LogP) is 2.45. The second-order valence-electron chi connectivity index (χ2n) is 4.97. The van der Waals surface area contributed by atoms with Crippen LogP contribution in [0.4, 0.5) is 5.69 Å². The summed E-state index contributed by atoms with van der Waals surface area (Å²) < 4.78 is 0. The van der Waals surface area contributed by atoms with E-state index in [-0.39, 0.29) is 17.9 Å². The summed E-state index contributed by atoms with van der Waals surface area (Å²) in [6.07, 6.45) is 3.76. The van der Waals surface area contributed by atoms with E-state index in [0.717, 1.165) is 36.9 Å². The maximum absolute atomic E-state index is 12.0. The van der Waals surface area contributed by atoms with Crippen molar-refractivity contribution in [3.05, 3.63) is 29.8 Å². The Kier molecular flexibility index (Phi) is 3.79. The molecule has 1 aromatic carbocycles. The Hall–Kier alpha value is -1.35. The van der Waals surface area contributed by atoms with Crippen LogP contribution in [0.15, 0.2) is 24.3 Å². The molecule has 1 fully saturated rings. The van der Waals surface area contributed by atoms with Gasteiger partial charge in [0, 0.05) is 17.6 Å². The molecule has 3 nitrogen and oxygen atoms in total. The van der Waals surface area contributed by atoms with Crippen LogP contribution in [0, 0.1) is 12.8 Å². The maximum atomic E-state index is 12.0. The van der Waals surface area contributed by atoms with Crippen LogP contribution in [0.1, 0.15) is 31.2 Å². The Morgan fingerprint density at radius 3 is 2.65 bits per heavy atom. The summed E-state index contributed by atoms with van der Waals surface area (Å²) in [6.45, 7) is 2.02. The molecule has 1 aromatic rings. The predicted molar refractivity (Wildman–Crippen MR) is 69.7 cm³/mol. The van der Waals surface area contributed by atoms with Crippen molar-refractivity contribution in [3.8, 4) is 0 Å². The summed E-state index contributed by atoms with van der Waals surface area (Å²) in [6, 6.07) is 8.20. The molecule has 1 amide bonds. The number of rotatable bonds is 2. The van der Waals surface area contributed by atoms with Crippen molar-refractivity contribution in [2.24, 2.45) is 11.7 Å². The summed E-state index contributed by atoms with van der Waals surface area (Å²) in [7, 11) is 0. The Morgan fingerprint density at radius 1 is 1.29 bits per heavy atom. The fourth-order valence-electron chi connectivity index (χ4n) is 2.35. The lowest BCUT2D eigenvalue weighted by Gasteiger charge is -2.25.